The summed E-state index contributed by atoms with van der Waals surface area (Å²) in [6, 6.07) is 8.09. The molecule has 110 valence electrons. The van der Waals surface area contributed by atoms with Gasteiger partial charge < -0.3 is 10.6 Å². The van der Waals surface area contributed by atoms with E-state index >= 15 is 0 Å². The number of hydrogen-bond donors (Lipinski definition) is 1. The lowest BCUT2D eigenvalue weighted by atomic mass is 9.78. The van der Waals surface area contributed by atoms with Crippen molar-refractivity contribution in [2.24, 2.45) is 11.7 Å². The number of nitrogens with zero attached hydrogens (tertiary/aromatic N) is 2. The second-order valence-corrected chi connectivity index (χ2v) is 6.33. The molecule has 3 aliphatic rings. The number of para-hydroxylation sites is 1. The quantitative estimate of drug-likeness (QED) is 0.831. The van der Waals surface area contributed by atoms with Gasteiger partial charge in [-0.05, 0) is 31.9 Å². The summed E-state index contributed by atoms with van der Waals surface area (Å²) >= 11 is 0. The molecule has 1 aromatic carbocycles. The van der Waals surface area contributed by atoms with E-state index in [0.717, 1.165) is 30.6 Å². The molecule has 0 bridgehead atoms. The maximum atomic E-state index is 13.1. The number of amides is 2. The number of carbonyl (C=O) groups excluding carboxylic acids is 2. The molecule has 3 heterocycles. The van der Waals surface area contributed by atoms with E-state index in [-0.39, 0.29) is 11.8 Å². The molecule has 21 heavy (non-hydrogen) atoms. The normalized spacial score (nSPS) is 34.5. The summed E-state index contributed by atoms with van der Waals surface area (Å²) in [7, 11) is 1.79. The van der Waals surface area contributed by atoms with Gasteiger partial charge in [-0.25, -0.2) is 0 Å². The largest absolute Gasteiger partial charge is 0.369 e. The maximum Gasteiger partial charge on any atom is 0.252 e. The minimum Gasteiger partial charge on any atom is -0.369 e. The van der Waals surface area contributed by atoms with Crippen LogP contribution in [0.5, 0.6) is 0 Å². The molecule has 2 saturated heterocycles. The van der Waals surface area contributed by atoms with Crippen molar-refractivity contribution in [3.05, 3.63) is 29.8 Å². The average Bonchev–Trinajstić information content (AvgIpc) is 3.10. The standard InChI is InChI=1S/C16H19N3O2/c1-18-13-7-3-2-6-11(13)16(15(18)21)12(14(17)20)9-10-5-4-8-19(10)16/h2-3,6-7,10,12H,4-5,8-9H2,1H3,(H2,17,20). The first-order valence-corrected chi connectivity index (χ1v) is 7.52. The van der Waals surface area contributed by atoms with Crippen LogP contribution in [-0.4, -0.2) is 36.3 Å². The fraction of sp³-hybridized carbons (Fsp3) is 0.500. The molecule has 3 aliphatic heterocycles. The van der Waals surface area contributed by atoms with Crippen LogP contribution in [0.4, 0.5) is 5.69 Å². The summed E-state index contributed by atoms with van der Waals surface area (Å²) in [6.07, 6.45) is 2.82. The highest BCUT2D eigenvalue weighted by Gasteiger charge is 2.66. The molecule has 4 rings (SSSR count). The van der Waals surface area contributed by atoms with E-state index in [1.807, 2.05) is 24.3 Å². The van der Waals surface area contributed by atoms with Crippen LogP contribution in [0.25, 0.3) is 0 Å². The van der Waals surface area contributed by atoms with Crippen molar-refractivity contribution in [2.75, 3.05) is 18.5 Å². The Morgan fingerprint density at radius 1 is 1.38 bits per heavy atom. The molecule has 2 fully saturated rings. The number of carbonyl (C=O) groups is 2. The van der Waals surface area contributed by atoms with Crippen molar-refractivity contribution in [3.8, 4) is 0 Å². The van der Waals surface area contributed by atoms with Crippen LogP contribution >= 0.6 is 0 Å². The fourth-order valence-electron chi connectivity index (χ4n) is 4.69. The molecule has 0 aliphatic carbocycles. The monoisotopic (exact) mass is 285 g/mol. The molecule has 0 aromatic heterocycles. The molecular formula is C16H19N3O2. The number of primary amides is 1. The van der Waals surface area contributed by atoms with Crippen LogP contribution in [0.1, 0.15) is 24.8 Å². The third-order valence-electron chi connectivity index (χ3n) is 5.49. The molecule has 1 aromatic rings. The van der Waals surface area contributed by atoms with E-state index < -0.39 is 11.5 Å². The highest BCUT2D eigenvalue weighted by Crippen LogP contribution is 2.56. The summed E-state index contributed by atoms with van der Waals surface area (Å²) < 4.78 is 0. The second-order valence-electron chi connectivity index (χ2n) is 6.33. The Morgan fingerprint density at radius 2 is 2.14 bits per heavy atom. The summed E-state index contributed by atoms with van der Waals surface area (Å²) in [5.74, 6) is -0.791. The highest BCUT2D eigenvalue weighted by atomic mass is 16.2. The van der Waals surface area contributed by atoms with Gasteiger partial charge in [-0.15, -0.1) is 0 Å². The zero-order chi connectivity index (χ0) is 14.8. The fourth-order valence-corrected chi connectivity index (χ4v) is 4.69. The third kappa shape index (κ3) is 1.35. The number of benzene rings is 1. The van der Waals surface area contributed by atoms with E-state index in [4.69, 9.17) is 5.73 Å². The van der Waals surface area contributed by atoms with Crippen molar-refractivity contribution in [1.82, 2.24) is 4.90 Å². The molecular weight excluding hydrogens is 266 g/mol. The lowest BCUT2D eigenvalue weighted by Crippen LogP contribution is -2.55. The molecule has 2 N–H and O–H groups in total. The lowest BCUT2D eigenvalue weighted by Gasteiger charge is -2.36. The van der Waals surface area contributed by atoms with E-state index in [0.29, 0.717) is 12.5 Å². The van der Waals surface area contributed by atoms with Gasteiger partial charge in [0.1, 0.15) is 5.54 Å². The molecule has 5 heteroatoms. The Bertz CT molecular complexity index is 644. The van der Waals surface area contributed by atoms with Gasteiger partial charge in [0.25, 0.3) is 5.91 Å². The van der Waals surface area contributed by atoms with Gasteiger partial charge in [0, 0.05) is 24.3 Å². The Kier molecular flexibility index (Phi) is 2.49. The van der Waals surface area contributed by atoms with Crippen molar-refractivity contribution >= 4 is 17.5 Å². The molecule has 2 amide bonds. The van der Waals surface area contributed by atoms with Gasteiger partial charge in [0.2, 0.25) is 5.91 Å². The minimum absolute atomic E-state index is 0.00287. The predicted molar refractivity (Wildman–Crippen MR) is 78.6 cm³/mol. The van der Waals surface area contributed by atoms with Gasteiger partial charge in [0.05, 0.1) is 5.92 Å². The van der Waals surface area contributed by atoms with Crippen molar-refractivity contribution in [2.45, 2.75) is 30.8 Å². The summed E-state index contributed by atoms with van der Waals surface area (Å²) in [5, 5.41) is 0. The van der Waals surface area contributed by atoms with Gasteiger partial charge in [-0.1, -0.05) is 18.2 Å². The number of likely N-dealkylation sites (N-methyl/N-ethyl adjacent to an activating group) is 1. The Balaban J connectivity index is 1.99. The van der Waals surface area contributed by atoms with Gasteiger partial charge in [-0.3, -0.25) is 14.5 Å². The average molecular weight is 285 g/mol. The van der Waals surface area contributed by atoms with E-state index in [1.54, 1.807) is 11.9 Å². The summed E-state index contributed by atoms with van der Waals surface area (Å²) in [4.78, 5) is 29.1. The Labute approximate surface area is 123 Å². The van der Waals surface area contributed by atoms with Crippen molar-refractivity contribution in [3.63, 3.8) is 0 Å². The highest BCUT2D eigenvalue weighted by molar-refractivity contribution is 6.10. The molecule has 0 radical (unpaired) electrons. The van der Waals surface area contributed by atoms with Gasteiger partial charge in [-0.2, -0.15) is 0 Å². The zero-order valence-electron chi connectivity index (χ0n) is 12.1. The molecule has 3 atom stereocenters. The molecule has 5 nitrogen and oxygen atoms in total. The summed E-state index contributed by atoms with van der Waals surface area (Å²) in [6.45, 7) is 0.863. The van der Waals surface area contributed by atoms with Crippen LogP contribution in [-0.2, 0) is 15.1 Å². The molecule has 1 spiro atoms. The van der Waals surface area contributed by atoms with E-state index in [1.165, 1.54) is 0 Å². The maximum absolute atomic E-state index is 13.1. The SMILES string of the molecule is CN1C(=O)C2(c3ccccc31)C(C(N)=O)CC1CCCN12. The van der Waals surface area contributed by atoms with Crippen molar-refractivity contribution in [1.29, 1.82) is 0 Å². The molecule has 0 saturated carbocycles. The van der Waals surface area contributed by atoms with Crippen LogP contribution in [0.2, 0.25) is 0 Å². The predicted octanol–water partition coefficient (Wildman–Crippen LogP) is 0.828. The first-order valence-electron chi connectivity index (χ1n) is 7.52. The number of rotatable bonds is 1. The number of nitrogens with two attached hydrogens (primary N) is 1. The minimum atomic E-state index is -0.863. The van der Waals surface area contributed by atoms with E-state index in [9.17, 15) is 9.59 Å². The van der Waals surface area contributed by atoms with Crippen LogP contribution in [0, 0.1) is 5.92 Å². The van der Waals surface area contributed by atoms with Crippen molar-refractivity contribution < 1.29 is 9.59 Å². The second kappa shape index (κ2) is 4.07. The topological polar surface area (TPSA) is 66.6 Å². The third-order valence-corrected chi connectivity index (χ3v) is 5.49. The summed E-state index contributed by atoms with van der Waals surface area (Å²) in [5.41, 5.74) is 6.67. The van der Waals surface area contributed by atoms with Crippen LogP contribution in [0.15, 0.2) is 24.3 Å². The lowest BCUT2D eigenvalue weighted by molar-refractivity contribution is -0.137. The zero-order valence-corrected chi connectivity index (χ0v) is 12.1. The first kappa shape index (κ1) is 12.8. The molecule has 3 unspecified atom stereocenters. The van der Waals surface area contributed by atoms with E-state index in [2.05, 4.69) is 4.90 Å². The van der Waals surface area contributed by atoms with Crippen LogP contribution in [0.3, 0.4) is 0 Å². The first-order chi connectivity index (χ1) is 10.1. The van der Waals surface area contributed by atoms with Crippen LogP contribution < -0.4 is 10.6 Å². The Morgan fingerprint density at radius 3 is 2.90 bits per heavy atom. The van der Waals surface area contributed by atoms with Gasteiger partial charge in [0.15, 0.2) is 0 Å². The smallest absolute Gasteiger partial charge is 0.252 e. The van der Waals surface area contributed by atoms with Gasteiger partial charge >= 0.3 is 0 Å². The number of anilines is 1. The number of hydrogen-bond acceptors (Lipinski definition) is 3. The Hall–Kier alpha value is -1.88. The number of fused-ring (bicyclic) bond motifs is 4.